The van der Waals surface area contributed by atoms with Crippen LogP contribution in [0.25, 0.3) is 0 Å². The van der Waals surface area contributed by atoms with Crippen LogP contribution in [0.5, 0.6) is 0 Å². The fraction of sp³-hybridized carbons (Fsp3) is 0.400. The molecule has 0 radical (unpaired) electrons. The molecule has 0 aliphatic rings. The first-order chi connectivity index (χ1) is 6.07. The lowest BCUT2D eigenvalue weighted by Gasteiger charge is -2.10. The van der Waals surface area contributed by atoms with Gasteiger partial charge in [0.05, 0.1) is 5.56 Å². The van der Waals surface area contributed by atoms with Crippen molar-refractivity contribution in [2.75, 3.05) is 12.4 Å². The molecule has 0 aliphatic carbocycles. The summed E-state index contributed by atoms with van der Waals surface area (Å²) < 4.78 is 0. The molecule has 3 nitrogen and oxygen atoms in total. The Morgan fingerprint density at radius 3 is 2.54 bits per heavy atom. The Hall–Kier alpha value is -1.38. The lowest BCUT2D eigenvalue weighted by molar-refractivity contribution is 0.101. The molecule has 1 aromatic heterocycles. The minimum atomic E-state index is 0.0538. The number of carbonyl (C=O) groups excluding carboxylic acids is 1. The standard InChI is InChI=1S/C10H14N2O/c1-6-5-12-10(11-4)9(7(6)2)8(3)13/h5H,1-4H3,(H,11,12). The number of hydrogen-bond donors (Lipinski definition) is 1. The molecule has 3 heteroatoms. The fourth-order valence-electron chi connectivity index (χ4n) is 1.32. The highest BCUT2D eigenvalue weighted by Crippen LogP contribution is 2.19. The summed E-state index contributed by atoms with van der Waals surface area (Å²) in [5, 5.41) is 2.91. The largest absolute Gasteiger partial charge is 0.373 e. The maximum Gasteiger partial charge on any atom is 0.163 e. The number of carbonyl (C=O) groups is 1. The number of nitrogens with zero attached hydrogens (tertiary/aromatic N) is 1. The van der Waals surface area contributed by atoms with Crippen molar-refractivity contribution in [2.45, 2.75) is 20.8 Å². The van der Waals surface area contributed by atoms with Crippen LogP contribution < -0.4 is 5.32 Å². The van der Waals surface area contributed by atoms with Crippen molar-refractivity contribution in [1.29, 1.82) is 0 Å². The average Bonchev–Trinajstić information content (AvgIpc) is 2.08. The Labute approximate surface area is 78.2 Å². The SMILES string of the molecule is CNc1ncc(C)c(C)c1C(C)=O. The van der Waals surface area contributed by atoms with Gasteiger partial charge >= 0.3 is 0 Å². The molecule has 0 spiro atoms. The van der Waals surface area contributed by atoms with Crippen LogP contribution >= 0.6 is 0 Å². The van der Waals surface area contributed by atoms with Gasteiger partial charge in [-0.2, -0.15) is 0 Å². The van der Waals surface area contributed by atoms with E-state index < -0.39 is 0 Å². The third kappa shape index (κ3) is 1.69. The second kappa shape index (κ2) is 3.56. The average molecular weight is 178 g/mol. The summed E-state index contributed by atoms with van der Waals surface area (Å²) in [6.45, 7) is 5.45. The van der Waals surface area contributed by atoms with Crippen LogP contribution in [0.3, 0.4) is 0 Å². The highest BCUT2D eigenvalue weighted by atomic mass is 16.1. The van der Waals surface area contributed by atoms with Crippen LogP contribution in [0.4, 0.5) is 5.82 Å². The molecule has 1 rings (SSSR count). The molecule has 0 amide bonds. The van der Waals surface area contributed by atoms with Crippen molar-refractivity contribution in [3.8, 4) is 0 Å². The molecule has 70 valence electrons. The van der Waals surface area contributed by atoms with Crippen molar-refractivity contribution >= 4 is 11.6 Å². The maximum atomic E-state index is 11.3. The van der Waals surface area contributed by atoms with E-state index in [9.17, 15) is 4.79 Å². The quantitative estimate of drug-likeness (QED) is 0.704. The summed E-state index contributed by atoms with van der Waals surface area (Å²) in [5.74, 6) is 0.716. The van der Waals surface area contributed by atoms with Gasteiger partial charge in [-0.1, -0.05) is 0 Å². The molecule has 0 fully saturated rings. The van der Waals surface area contributed by atoms with E-state index in [-0.39, 0.29) is 5.78 Å². The Bertz CT molecular complexity index is 345. The first-order valence-corrected chi connectivity index (χ1v) is 4.22. The minimum Gasteiger partial charge on any atom is -0.373 e. The zero-order chi connectivity index (χ0) is 10.0. The normalized spacial score (nSPS) is 9.85. The lowest BCUT2D eigenvalue weighted by Crippen LogP contribution is -2.06. The second-order valence-corrected chi connectivity index (χ2v) is 3.10. The van der Waals surface area contributed by atoms with E-state index in [2.05, 4.69) is 10.3 Å². The van der Waals surface area contributed by atoms with Crippen molar-refractivity contribution in [1.82, 2.24) is 4.98 Å². The van der Waals surface area contributed by atoms with E-state index in [0.717, 1.165) is 11.1 Å². The van der Waals surface area contributed by atoms with E-state index in [1.54, 1.807) is 20.2 Å². The number of aromatic nitrogens is 1. The molecular weight excluding hydrogens is 164 g/mol. The van der Waals surface area contributed by atoms with Crippen LogP contribution in [0, 0.1) is 13.8 Å². The van der Waals surface area contributed by atoms with Gasteiger partial charge in [0.1, 0.15) is 5.82 Å². The van der Waals surface area contributed by atoms with Gasteiger partial charge in [0.25, 0.3) is 0 Å². The third-order valence-corrected chi connectivity index (χ3v) is 2.18. The number of hydrogen-bond acceptors (Lipinski definition) is 3. The smallest absolute Gasteiger partial charge is 0.163 e. The number of nitrogens with one attached hydrogen (secondary N) is 1. The van der Waals surface area contributed by atoms with Gasteiger partial charge in [-0.05, 0) is 31.9 Å². The van der Waals surface area contributed by atoms with Gasteiger partial charge in [-0.25, -0.2) is 4.98 Å². The van der Waals surface area contributed by atoms with E-state index in [0.29, 0.717) is 11.4 Å². The summed E-state index contributed by atoms with van der Waals surface area (Å²) in [7, 11) is 1.77. The molecule has 0 aliphatic heterocycles. The topological polar surface area (TPSA) is 42.0 Å². The van der Waals surface area contributed by atoms with Gasteiger partial charge < -0.3 is 5.32 Å². The third-order valence-electron chi connectivity index (χ3n) is 2.18. The van der Waals surface area contributed by atoms with Crippen LogP contribution in [0.15, 0.2) is 6.20 Å². The number of rotatable bonds is 2. The summed E-state index contributed by atoms with van der Waals surface area (Å²) >= 11 is 0. The van der Waals surface area contributed by atoms with Crippen molar-refractivity contribution in [2.24, 2.45) is 0 Å². The fourth-order valence-corrected chi connectivity index (χ4v) is 1.32. The van der Waals surface area contributed by atoms with Crippen LogP contribution in [0.1, 0.15) is 28.4 Å². The van der Waals surface area contributed by atoms with Gasteiger partial charge in [0.2, 0.25) is 0 Å². The second-order valence-electron chi connectivity index (χ2n) is 3.10. The number of anilines is 1. The molecule has 1 aromatic rings. The molecule has 0 bridgehead atoms. The molecule has 0 atom stereocenters. The van der Waals surface area contributed by atoms with Crippen LogP contribution in [-0.4, -0.2) is 17.8 Å². The molecule has 1 N–H and O–H groups in total. The van der Waals surface area contributed by atoms with Crippen molar-refractivity contribution < 1.29 is 4.79 Å². The van der Waals surface area contributed by atoms with Gasteiger partial charge in [-0.3, -0.25) is 4.79 Å². The molecule has 0 unspecified atom stereocenters. The summed E-state index contributed by atoms with van der Waals surface area (Å²) in [6.07, 6.45) is 1.77. The minimum absolute atomic E-state index is 0.0538. The number of Topliss-reactive ketones (excluding diaryl/α,β-unsaturated/α-hetero) is 1. The predicted octanol–water partition coefficient (Wildman–Crippen LogP) is 1.94. The first-order valence-electron chi connectivity index (χ1n) is 4.22. The van der Waals surface area contributed by atoms with Crippen molar-refractivity contribution in [3.05, 3.63) is 22.9 Å². The Morgan fingerprint density at radius 1 is 1.46 bits per heavy atom. The van der Waals surface area contributed by atoms with Crippen LogP contribution in [-0.2, 0) is 0 Å². The Balaban J connectivity index is 3.41. The van der Waals surface area contributed by atoms with Gasteiger partial charge in [0, 0.05) is 13.2 Å². The molecule has 13 heavy (non-hydrogen) atoms. The van der Waals surface area contributed by atoms with E-state index in [4.69, 9.17) is 0 Å². The van der Waals surface area contributed by atoms with Crippen molar-refractivity contribution in [3.63, 3.8) is 0 Å². The van der Waals surface area contributed by atoms with Gasteiger partial charge in [0.15, 0.2) is 5.78 Å². The predicted molar refractivity (Wildman–Crippen MR) is 53.3 cm³/mol. The number of ketones is 1. The molecule has 1 heterocycles. The van der Waals surface area contributed by atoms with Crippen LogP contribution in [0.2, 0.25) is 0 Å². The highest BCUT2D eigenvalue weighted by Gasteiger charge is 2.12. The molecule has 0 saturated carbocycles. The molecular formula is C10H14N2O. The zero-order valence-corrected chi connectivity index (χ0v) is 8.43. The van der Waals surface area contributed by atoms with E-state index in [1.807, 2.05) is 13.8 Å². The molecule has 0 aromatic carbocycles. The number of aryl methyl sites for hydroxylation is 1. The highest BCUT2D eigenvalue weighted by molar-refractivity contribution is 6.00. The maximum absolute atomic E-state index is 11.3. The Morgan fingerprint density at radius 2 is 2.08 bits per heavy atom. The van der Waals surface area contributed by atoms with Gasteiger partial charge in [-0.15, -0.1) is 0 Å². The first kappa shape index (κ1) is 9.71. The summed E-state index contributed by atoms with van der Waals surface area (Å²) in [6, 6.07) is 0. The van der Waals surface area contributed by atoms with E-state index in [1.165, 1.54) is 0 Å². The monoisotopic (exact) mass is 178 g/mol. The zero-order valence-electron chi connectivity index (χ0n) is 8.43. The molecule has 0 saturated heterocycles. The Kier molecular flexibility index (Phi) is 2.66. The lowest BCUT2D eigenvalue weighted by atomic mass is 10.0. The number of pyridine rings is 1. The van der Waals surface area contributed by atoms with E-state index >= 15 is 0 Å². The summed E-state index contributed by atoms with van der Waals surface area (Å²) in [5.41, 5.74) is 2.75. The summed E-state index contributed by atoms with van der Waals surface area (Å²) in [4.78, 5) is 15.5.